The second-order valence-corrected chi connectivity index (χ2v) is 6.02. The summed E-state index contributed by atoms with van der Waals surface area (Å²) in [4.78, 5) is 35.9. The highest BCUT2D eigenvalue weighted by atomic mass is 16.5. The predicted molar refractivity (Wildman–Crippen MR) is 89.4 cm³/mol. The molecule has 0 unspecified atom stereocenters. The van der Waals surface area contributed by atoms with Gasteiger partial charge in [0.25, 0.3) is 0 Å². The van der Waals surface area contributed by atoms with Crippen molar-refractivity contribution in [2.24, 2.45) is 5.92 Å². The lowest BCUT2D eigenvalue weighted by Gasteiger charge is -2.17. The van der Waals surface area contributed by atoms with E-state index >= 15 is 0 Å². The zero-order valence-corrected chi connectivity index (χ0v) is 14.0. The highest BCUT2D eigenvalue weighted by molar-refractivity contribution is 5.88. The largest absolute Gasteiger partial charge is 0.497 e. The Hall–Kier alpha value is -2.83. The van der Waals surface area contributed by atoms with E-state index in [1.807, 2.05) is 0 Å². The Balaban J connectivity index is 1.93. The third kappa shape index (κ3) is 3.81. The van der Waals surface area contributed by atoms with Crippen molar-refractivity contribution in [3.63, 3.8) is 0 Å². The first kappa shape index (κ1) is 17.0. The van der Waals surface area contributed by atoms with Gasteiger partial charge in [0.15, 0.2) is 0 Å². The van der Waals surface area contributed by atoms with Gasteiger partial charge in [-0.2, -0.15) is 0 Å². The lowest BCUT2D eigenvalue weighted by molar-refractivity contribution is -0.145. The van der Waals surface area contributed by atoms with Crippen LogP contribution in [0.4, 0.5) is 0 Å². The van der Waals surface area contributed by atoms with E-state index in [0.29, 0.717) is 22.3 Å². The molecule has 0 aliphatic heterocycles. The Morgan fingerprint density at radius 2 is 2.04 bits per heavy atom. The van der Waals surface area contributed by atoms with Crippen LogP contribution in [0.2, 0.25) is 0 Å². The van der Waals surface area contributed by atoms with Gasteiger partial charge in [0.2, 0.25) is 5.91 Å². The second-order valence-electron chi connectivity index (χ2n) is 6.02. The first-order valence-corrected chi connectivity index (χ1v) is 8.01. The first-order chi connectivity index (χ1) is 12.0. The molecular formula is C18H19NO6. The van der Waals surface area contributed by atoms with Gasteiger partial charge in [-0.3, -0.25) is 4.79 Å². The molecule has 7 heteroatoms. The smallest absolute Gasteiger partial charge is 0.336 e. The number of hydrogen-bond donors (Lipinski definition) is 1. The second kappa shape index (κ2) is 6.96. The van der Waals surface area contributed by atoms with Crippen molar-refractivity contribution in [1.29, 1.82) is 0 Å². The highest BCUT2D eigenvalue weighted by Gasteiger charge is 2.33. The zero-order chi connectivity index (χ0) is 18.0. The van der Waals surface area contributed by atoms with Crippen molar-refractivity contribution in [3.05, 3.63) is 40.2 Å². The summed E-state index contributed by atoms with van der Waals surface area (Å²) in [5.74, 6) is -0.193. The van der Waals surface area contributed by atoms with Crippen molar-refractivity contribution >= 4 is 22.8 Å². The van der Waals surface area contributed by atoms with Crippen LogP contribution in [0, 0.1) is 5.92 Å². The van der Waals surface area contributed by atoms with E-state index in [9.17, 15) is 14.4 Å². The summed E-state index contributed by atoms with van der Waals surface area (Å²) in [7, 11) is 2.78. The van der Waals surface area contributed by atoms with Crippen LogP contribution in [-0.4, -0.2) is 32.1 Å². The average Bonchev–Trinajstić information content (AvgIpc) is 3.44. The number of benzene rings is 1. The zero-order valence-electron chi connectivity index (χ0n) is 14.0. The van der Waals surface area contributed by atoms with Gasteiger partial charge >= 0.3 is 11.6 Å². The van der Waals surface area contributed by atoms with E-state index in [4.69, 9.17) is 13.9 Å². The van der Waals surface area contributed by atoms with E-state index in [1.54, 1.807) is 18.2 Å². The molecule has 1 saturated carbocycles. The Bertz CT molecular complexity index is 867. The number of rotatable bonds is 6. The molecule has 1 fully saturated rings. The van der Waals surface area contributed by atoms with E-state index in [-0.39, 0.29) is 18.2 Å². The topological polar surface area (TPSA) is 94.8 Å². The standard InChI is InChI=1S/C18H19NO6/c1-23-12-5-6-13-11(8-16(20)25-15(13)9-12)7-14(18(22)24-2)19-17(21)10-3-4-10/h5-6,8-10,14H,3-4,7H2,1-2H3,(H,19,21)/t14-/m0/s1. The number of ether oxygens (including phenoxy) is 2. The quantitative estimate of drug-likeness (QED) is 0.628. The normalized spacial score (nSPS) is 14.8. The first-order valence-electron chi connectivity index (χ1n) is 8.01. The molecule has 3 rings (SSSR count). The molecule has 7 nitrogen and oxygen atoms in total. The van der Waals surface area contributed by atoms with Crippen LogP contribution in [-0.2, 0) is 20.7 Å². The fourth-order valence-electron chi connectivity index (χ4n) is 2.70. The average molecular weight is 345 g/mol. The van der Waals surface area contributed by atoms with Gasteiger partial charge < -0.3 is 19.2 Å². The number of methoxy groups -OCH3 is 2. The van der Waals surface area contributed by atoms with Gasteiger partial charge in [-0.1, -0.05) is 0 Å². The van der Waals surface area contributed by atoms with E-state index < -0.39 is 17.6 Å². The molecule has 0 spiro atoms. The van der Waals surface area contributed by atoms with E-state index in [1.165, 1.54) is 20.3 Å². The van der Waals surface area contributed by atoms with Crippen molar-refractivity contribution in [3.8, 4) is 5.75 Å². The minimum Gasteiger partial charge on any atom is -0.497 e. The van der Waals surface area contributed by atoms with Crippen LogP contribution in [0.5, 0.6) is 5.75 Å². The molecule has 1 N–H and O–H groups in total. The monoisotopic (exact) mass is 345 g/mol. The van der Waals surface area contributed by atoms with E-state index in [0.717, 1.165) is 12.8 Å². The van der Waals surface area contributed by atoms with Gasteiger partial charge in [0.1, 0.15) is 17.4 Å². The van der Waals surface area contributed by atoms with Crippen molar-refractivity contribution in [2.75, 3.05) is 14.2 Å². The molecule has 1 aromatic heterocycles. The molecule has 1 amide bonds. The van der Waals surface area contributed by atoms with Gasteiger partial charge in [-0.15, -0.1) is 0 Å². The maximum absolute atomic E-state index is 12.1. The van der Waals surface area contributed by atoms with E-state index in [2.05, 4.69) is 5.32 Å². The van der Waals surface area contributed by atoms with Crippen molar-refractivity contribution in [1.82, 2.24) is 5.32 Å². The summed E-state index contributed by atoms with van der Waals surface area (Å²) in [5.41, 5.74) is 0.423. The van der Waals surface area contributed by atoms with Crippen LogP contribution >= 0.6 is 0 Å². The van der Waals surface area contributed by atoms with Gasteiger partial charge in [0.05, 0.1) is 14.2 Å². The summed E-state index contributed by atoms with van der Waals surface area (Å²) in [6.45, 7) is 0. The number of esters is 1. The molecule has 1 heterocycles. The molecule has 2 aromatic rings. The lowest BCUT2D eigenvalue weighted by Crippen LogP contribution is -2.43. The Morgan fingerprint density at radius 3 is 2.68 bits per heavy atom. The maximum Gasteiger partial charge on any atom is 0.336 e. The third-order valence-corrected chi connectivity index (χ3v) is 4.21. The Morgan fingerprint density at radius 1 is 1.28 bits per heavy atom. The number of carbonyl (C=O) groups excluding carboxylic acids is 2. The molecule has 1 aliphatic rings. The fourth-order valence-corrected chi connectivity index (χ4v) is 2.70. The Kier molecular flexibility index (Phi) is 4.74. The lowest BCUT2D eigenvalue weighted by atomic mass is 10.0. The summed E-state index contributed by atoms with van der Waals surface area (Å²) in [5, 5.41) is 3.39. The Labute approximate surface area is 143 Å². The molecule has 0 bridgehead atoms. The van der Waals surface area contributed by atoms with Crippen LogP contribution in [0.15, 0.2) is 33.5 Å². The number of amides is 1. The molecular weight excluding hydrogens is 326 g/mol. The van der Waals surface area contributed by atoms with Crippen molar-refractivity contribution in [2.45, 2.75) is 25.3 Å². The summed E-state index contributed by atoms with van der Waals surface area (Å²) >= 11 is 0. The highest BCUT2D eigenvalue weighted by Crippen LogP contribution is 2.29. The third-order valence-electron chi connectivity index (χ3n) is 4.21. The summed E-state index contributed by atoms with van der Waals surface area (Å²) in [6, 6.07) is 5.57. The molecule has 132 valence electrons. The number of nitrogens with one attached hydrogen (secondary N) is 1. The van der Waals surface area contributed by atoms with Crippen molar-refractivity contribution < 1.29 is 23.5 Å². The summed E-state index contributed by atoms with van der Waals surface area (Å²) < 4.78 is 15.1. The molecule has 1 atom stereocenters. The fraction of sp³-hybridized carbons (Fsp3) is 0.389. The number of carbonyl (C=O) groups is 2. The van der Waals surface area contributed by atoms with Crippen LogP contribution < -0.4 is 15.7 Å². The van der Waals surface area contributed by atoms with Crippen LogP contribution in [0.25, 0.3) is 11.0 Å². The minimum absolute atomic E-state index is 0.0333. The SMILES string of the molecule is COC(=O)[C@H](Cc1cc(=O)oc2cc(OC)ccc12)NC(=O)C1CC1. The van der Waals surface area contributed by atoms with Crippen LogP contribution in [0.3, 0.4) is 0 Å². The molecule has 1 aromatic carbocycles. The number of hydrogen-bond acceptors (Lipinski definition) is 6. The van der Waals surface area contributed by atoms with Crippen LogP contribution in [0.1, 0.15) is 18.4 Å². The molecule has 0 saturated heterocycles. The maximum atomic E-state index is 12.1. The van der Waals surface area contributed by atoms with Gasteiger partial charge in [-0.05, 0) is 30.5 Å². The molecule has 1 aliphatic carbocycles. The molecule has 0 radical (unpaired) electrons. The number of fused-ring (bicyclic) bond motifs is 1. The summed E-state index contributed by atoms with van der Waals surface area (Å²) in [6.07, 6.45) is 1.80. The van der Waals surface area contributed by atoms with Gasteiger partial charge in [0, 0.05) is 29.9 Å². The minimum atomic E-state index is -0.856. The predicted octanol–water partition coefficient (Wildman–Crippen LogP) is 1.41. The molecule has 25 heavy (non-hydrogen) atoms. The van der Waals surface area contributed by atoms with Gasteiger partial charge in [-0.25, -0.2) is 9.59 Å².